The molecule has 164 valence electrons. The van der Waals surface area contributed by atoms with Crippen LogP contribution in [0.3, 0.4) is 0 Å². The Bertz CT molecular complexity index is 984. The molecule has 0 fully saturated rings. The summed E-state index contributed by atoms with van der Waals surface area (Å²) in [5.41, 5.74) is 2.54. The van der Waals surface area contributed by atoms with Gasteiger partial charge in [-0.05, 0) is 43.3 Å². The van der Waals surface area contributed by atoms with E-state index < -0.39 is 0 Å². The zero-order chi connectivity index (χ0) is 22.2. The minimum Gasteiger partial charge on any atom is -0.497 e. The SMILES string of the molecule is CCC(=O)N(CCOC)Cc1c(C)nn(-c2ccccc2)c1Oc1ccc(OC)cc1. The molecule has 0 unspecified atom stereocenters. The van der Waals surface area contributed by atoms with Gasteiger partial charge in [0.15, 0.2) is 0 Å². The van der Waals surface area contributed by atoms with E-state index in [1.165, 1.54) is 0 Å². The van der Waals surface area contributed by atoms with Crippen molar-refractivity contribution >= 4 is 5.91 Å². The lowest BCUT2D eigenvalue weighted by Gasteiger charge is -2.22. The van der Waals surface area contributed by atoms with E-state index in [-0.39, 0.29) is 5.91 Å². The monoisotopic (exact) mass is 423 g/mol. The lowest BCUT2D eigenvalue weighted by molar-refractivity contribution is -0.132. The van der Waals surface area contributed by atoms with Crippen LogP contribution in [0.4, 0.5) is 0 Å². The quantitative estimate of drug-likeness (QED) is 0.485. The van der Waals surface area contributed by atoms with Crippen molar-refractivity contribution in [3.63, 3.8) is 0 Å². The molecule has 0 bridgehead atoms. The van der Waals surface area contributed by atoms with Gasteiger partial charge in [0.05, 0.1) is 37.2 Å². The smallest absolute Gasteiger partial charge is 0.227 e. The van der Waals surface area contributed by atoms with Crippen LogP contribution in [-0.4, -0.2) is 48.0 Å². The molecule has 1 aromatic heterocycles. The topological polar surface area (TPSA) is 65.8 Å². The molecular weight excluding hydrogens is 394 g/mol. The van der Waals surface area contributed by atoms with Gasteiger partial charge in [-0.15, -0.1) is 0 Å². The zero-order valence-corrected chi connectivity index (χ0v) is 18.5. The largest absolute Gasteiger partial charge is 0.497 e. The van der Waals surface area contributed by atoms with Crippen LogP contribution in [0, 0.1) is 6.92 Å². The van der Waals surface area contributed by atoms with E-state index in [1.54, 1.807) is 23.8 Å². The van der Waals surface area contributed by atoms with Gasteiger partial charge in [0.1, 0.15) is 11.5 Å². The van der Waals surface area contributed by atoms with Crippen LogP contribution >= 0.6 is 0 Å². The maximum Gasteiger partial charge on any atom is 0.227 e. The number of hydrogen-bond acceptors (Lipinski definition) is 5. The number of aromatic nitrogens is 2. The van der Waals surface area contributed by atoms with E-state index in [1.807, 2.05) is 68.4 Å². The first-order valence-corrected chi connectivity index (χ1v) is 10.3. The summed E-state index contributed by atoms with van der Waals surface area (Å²) in [6.45, 7) is 5.14. The summed E-state index contributed by atoms with van der Waals surface area (Å²) >= 11 is 0. The number of nitrogens with zero attached hydrogens (tertiary/aromatic N) is 3. The number of benzene rings is 2. The lowest BCUT2D eigenvalue weighted by atomic mass is 10.2. The molecule has 1 heterocycles. The van der Waals surface area contributed by atoms with E-state index in [0.29, 0.717) is 37.7 Å². The highest BCUT2D eigenvalue weighted by Crippen LogP contribution is 2.32. The summed E-state index contributed by atoms with van der Waals surface area (Å²) in [5, 5.41) is 4.73. The second-order valence-electron chi connectivity index (χ2n) is 7.06. The number of carbonyl (C=O) groups excluding carboxylic acids is 1. The minimum atomic E-state index is 0.0549. The molecule has 7 heteroatoms. The molecule has 0 saturated carbocycles. The second-order valence-corrected chi connectivity index (χ2v) is 7.06. The Balaban J connectivity index is 2.02. The van der Waals surface area contributed by atoms with Gasteiger partial charge in [-0.2, -0.15) is 5.10 Å². The summed E-state index contributed by atoms with van der Waals surface area (Å²) in [7, 11) is 3.26. The highest BCUT2D eigenvalue weighted by molar-refractivity contribution is 5.76. The first-order chi connectivity index (χ1) is 15.1. The summed E-state index contributed by atoms with van der Waals surface area (Å²) in [4.78, 5) is 14.3. The number of ether oxygens (including phenoxy) is 3. The molecule has 0 radical (unpaired) electrons. The number of aryl methyl sites for hydroxylation is 1. The van der Waals surface area contributed by atoms with Crippen molar-refractivity contribution in [2.24, 2.45) is 0 Å². The highest BCUT2D eigenvalue weighted by atomic mass is 16.5. The second kappa shape index (κ2) is 10.6. The van der Waals surface area contributed by atoms with Crippen LogP contribution < -0.4 is 9.47 Å². The standard InChI is InChI=1S/C24H29N3O4/c1-5-23(28)26(15-16-29-3)17-22-18(2)25-27(19-9-7-6-8-10-19)24(22)31-21-13-11-20(30-4)12-14-21/h6-14H,5,15-17H2,1-4H3. The molecule has 2 aromatic carbocycles. The fourth-order valence-corrected chi connectivity index (χ4v) is 3.23. The molecule has 1 amide bonds. The molecule has 0 aliphatic carbocycles. The molecule has 3 rings (SSSR count). The molecule has 3 aromatic rings. The summed E-state index contributed by atoms with van der Waals surface area (Å²) in [5.74, 6) is 2.04. The van der Waals surface area contributed by atoms with Crippen molar-refractivity contribution in [1.29, 1.82) is 0 Å². The van der Waals surface area contributed by atoms with Crippen LogP contribution in [0.15, 0.2) is 54.6 Å². The number of rotatable bonds is 10. The fraction of sp³-hybridized carbons (Fsp3) is 0.333. The average Bonchev–Trinajstić information content (AvgIpc) is 3.11. The van der Waals surface area contributed by atoms with E-state index in [2.05, 4.69) is 0 Å². The van der Waals surface area contributed by atoms with Crippen molar-refractivity contribution in [3.8, 4) is 23.1 Å². The summed E-state index contributed by atoms with van der Waals surface area (Å²) < 4.78 is 18.5. The Morgan fingerprint density at radius 1 is 1.03 bits per heavy atom. The predicted molar refractivity (Wildman–Crippen MR) is 119 cm³/mol. The Kier molecular flexibility index (Phi) is 7.67. The summed E-state index contributed by atoms with van der Waals surface area (Å²) in [6, 6.07) is 17.2. The molecule has 0 aliphatic rings. The number of amides is 1. The van der Waals surface area contributed by atoms with Crippen LogP contribution in [-0.2, 0) is 16.1 Å². The van der Waals surface area contributed by atoms with Crippen molar-refractivity contribution in [3.05, 3.63) is 65.9 Å². The Hall–Kier alpha value is -3.32. The zero-order valence-electron chi connectivity index (χ0n) is 18.5. The number of hydrogen-bond donors (Lipinski definition) is 0. The molecule has 0 spiro atoms. The van der Waals surface area contributed by atoms with Crippen molar-refractivity contribution in [1.82, 2.24) is 14.7 Å². The molecule has 31 heavy (non-hydrogen) atoms. The van der Waals surface area contributed by atoms with Gasteiger partial charge in [-0.1, -0.05) is 25.1 Å². The molecule has 0 saturated heterocycles. The minimum absolute atomic E-state index is 0.0549. The van der Waals surface area contributed by atoms with E-state index in [9.17, 15) is 4.79 Å². The van der Waals surface area contributed by atoms with Crippen molar-refractivity contribution in [2.45, 2.75) is 26.8 Å². The molecule has 0 aliphatic heterocycles. The average molecular weight is 424 g/mol. The fourth-order valence-electron chi connectivity index (χ4n) is 3.23. The summed E-state index contributed by atoms with van der Waals surface area (Å²) in [6.07, 6.45) is 0.421. The first-order valence-electron chi connectivity index (χ1n) is 10.3. The Labute approximate surface area is 183 Å². The number of methoxy groups -OCH3 is 2. The van der Waals surface area contributed by atoms with Crippen LogP contribution in [0.1, 0.15) is 24.6 Å². The predicted octanol–water partition coefficient (Wildman–Crippen LogP) is 4.37. The molecule has 7 nitrogen and oxygen atoms in total. The van der Waals surface area contributed by atoms with Gasteiger partial charge in [0.25, 0.3) is 0 Å². The van der Waals surface area contributed by atoms with E-state index in [4.69, 9.17) is 19.3 Å². The van der Waals surface area contributed by atoms with Gasteiger partial charge in [0, 0.05) is 20.1 Å². The van der Waals surface area contributed by atoms with Crippen molar-refractivity contribution in [2.75, 3.05) is 27.4 Å². The third kappa shape index (κ3) is 5.44. The first kappa shape index (κ1) is 22.4. The van der Waals surface area contributed by atoms with Gasteiger partial charge >= 0.3 is 0 Å². The number of carbonyl (C=O) groups is 1. The molecular formula is C24H29N3O4. The van der Waals surface area contributed by atoms with Gasteiger partial charge in [-0.3, -0.25) is 4.79 Å². The number of para-hydroxylation sites is 1. The highest BCUT2D eigenvalue weighted by Gasteiger charge is 2.23. The van der Waals surface area contributed by atoms with Crippen LogP contribution in [0.25, 0.3) is 5.69 Å². The third-order valence-corrected chi connectivity index (χ3v) is 4.98. The van der Waals surface area contributed by atoms with Crippen molar-refractivity contribution < 1.29 is 19.0 Å². The van der Waals surface area contributed by atoms with E-state index in [0.717, 1.165) is 22.7 Å². The van der Waals surface area contributed by atoms with Gasteiger partial charge in [-0.25, -0.2) is 4.68 Å². The van der Waals surface area contributed by atoms with Gasteiger partial charge in [0.2, 0.25) is 11.8 Å². The van der Waals surface area contributed by atoms with Crippen LogP contribution in [0.5, 0.6) is 17.4 Å². The molecule has 0 atom stereocenters. The Morgan fingerprint density at radius 3 is 2.32 bits per heavy atom. The maximum absolute atomic E-state index is 12.5. The van der Waals surface area contributed by atoms with Gasteiger partial charge < -0.3 is 19.1 Å². The Morgan fingerprint density at radius 2 is 1.71 bits per heavy atom. The maximum atomic E-state index is 12.5. The molecule has 0 N–H and O–H groups in total. The van der Waals surface area contributed by atoms with E-state index >= 15 is 0 Å². The normalized spacial score (nSPS) is 10.7. The van der Waals surface area contributed by atoms with Crippen LogP contribution in [0.2, 0.25) is 0 Å². The lowest BCUT2D eigenvalue weighted by Crippen LogP contribution is -2.33. The third-order valence-electron chi connectivity index (χ3n) is 4.98.